The maximum atomic E-state index is 0. The van der Waals surface area contributed by atoms with Crippen molar-refractivity contribution in [1.82, 2.24) is 0 Å². The molecule has 0 aliphatic rings. The first kappa shape index (κ1) is 56.4. The monoisotopic (exact) mass is 346 g/mol. The van der Waals surface area contributed by atoms with Crippen LogP contribution in [0.3, 0.4) is 0 Å². The summed E-state index contributed by atoms with van der Waals surface area (Å²) in [5.41, 5.74) is 0. The maximum absolute atomic E-state index is 0. The minimum absolute atomic E-state index is 0. The SMILES string of the molecule is O.[AlH3].[Co].[Ni].[Ta]. The second kappa shape index (κ2) is 34.2. The van der Waals surface area contributed by atoms with Gasteiger partial charge in [0.15, 0.2) is 17.4 Å². The molecule has 0 unspecified atom stereocenters. The van der Waals surface area contributed by atoms with Gasteiger partial charge in [-0.1, -0.05) is 0 Å². The standard InChI is InChI=1S/Al.Co.Ni.H2O.Ta.3H/h;;;1H2;;;;. The number of hydrogen-bond donors (Lipinski definition) is 0. The van der Waals surface area contributed by atoms with E-state index < -0.39 is 0 Å². The summed E-state index contributed by atoms with van der Waals surface area (Å²) in [5.74, 6) is 0. The summed E-state index contributed by atoms with van der Waals surface area (Å²) in [4.78, 5) is 0. The van der Waals surface area contributed by atoms with Crippen LogP contribution in [0.5, 0.6) is 0 Å². The van der Waals surface area contributed by atoms with Gasteiger partial charge in [0.25, 0.3) is 0 Å². The van der Waals surface area contributed by atoms with Gasteiger partial charge in [0, 0.05) is 55.7 Å². The summed E-state index contributed by atoms with van der Waals surface area (Å²) in [6, 6.07) is 0. The Morgan fingerprint density at radius 1 is 1.00 bits per heavy atom. The minimum atomic E-state index is 0. The van der Waals surface area contributed by atoms with E-state index in [1.54, 1.807) is 0 Å². The third-order valence-electron chi connectivity index (χ3n) is 0. The zero-order valence-corrected chi connectivity index (χ0v) is 6.84. The van der Waals surface area contributed by atoms with Gasteiger partial charge < -0.3 is 5.48 Å². The molecule has 0 bridgehead atoms. The first-order valence-electron chi connectivity index (χ1n) is 0. The molecule has 0 saturated heterocycles. The Hall–Kier alpha value is 2.23. The molecule has 1 nitrogen and oxygen atoms in total. The summed E-state index contributed by atoms with van der Waals surface area (Å²) < 4.78 is 0. The van der Waals surface area contributed by atoms with E-state index in [1.807, 2.05) is 0 Å². The number of hydrogen-bond acceptors (Lipinski definition) is 0. The van der Waals surface area contributed by atoms with Gasteiger partial charge in [0.2, 0.25) is 0 Å². The summed E-state index contributed by atoms with van der Waals surface area (Å²) >= 11 is 0. The average molecular weight is 347 g/mol. The Bertz CT molecular complexity index is 11.6. The van der Waals surface area contributed by atoms with Gasteiger partial charge in [0.1, 0.15) is 0 Å². The summed E-state index contributed by atoms with van der Waals surface area (Å²) in [7, 11) is 0. The molecule has 0 aliphatic carbocycles. The minimum Gasteiger partial charge on any atom is -0.412 e. The smallest absolute Gasteiger partial charge is 0.187 e. The average Bonchev–Trinajstić information content (AvgIpc) is 0. The van der Waals surface area contributed by atoms with Crippen LogP contribution in [0.4, 0.5) is 0 Å². The predicted octanol–water partition coefficient (Wildman–Crippen LogP) is -2.02. The molecule has 0 spiro atoms. The summed E-state index contributed by atoms with van der Waals surface area (Å²) in [6.07, 6.45) is 0. The van der Waals surface area contributed by atoms with Crippen molar-refractivity contribution in [3.05, 3.63) is 0 Å². The van der Waals surface area contributed by atoms with Crippen LogP contribution in [-0.4, -0.2) is 22.8 Å². The van der Waals surface area contributed by atoms with Crippen molar-refractivity contribution < 1.29 is 61.1 Å². The maximum Gasteiger partial charge on any atom is 0.187 e. The van der Waals surface area contributed by atoms with E-state index >= 15 is 0 Å². The van der Waals surface area contributed by atoms with Crippen molar-refractivity contribution in [1.29, 1.82) is 0 Å². The van der Waals surface area contributed by atoms with Crippen molar-refractivity contribution in [2.45, 2.75) is 0 Å². The zero-order chi connectivity index (χ0) is 0. The second-order valence-corrected chi connectivity index (χ2v) is 0. The van der Waals surface area contributed by atoms with Crippen molar-refractivity contribution >= 4 is 17.4 Å². The fourth-order valence-electron chi connectivity index (χ4n) is 0. The van der Waals surface area contributed by atoms with Crippen LogP contribution in [0.2, 0.25) is 0 Å². The van der Waals surface area contributed by atoms with Crippen molar-refractivity contribution in [3.8, 4) is 0 Å². The third kappa shape index (κ3) is 22.4. The molecule has 38 valence electrons. The molecule has 2 N–H and O–H groups in total. The zero-order valence-electron chi connectivity index (χ0n) is 1.60. The Balaban J connectivity index is 0. The fraction of sp³-hybridized carbons (Fsp3) is 0. The molecule has 0 saturated carbocycles. The molecule has 5 heavy (non-hydrogen) atoms. The topological polar surface area (TPSA) is 31.5 Å². The normalized spacial score (nSPS) is 0. The molecule has 0 amide bonds. The Kier molecular flexibility index (Phi) is 386. The molecule has 0 aromatic rings. The summed E-state index contributed by atoms with van der Waals surface area (Å²) in [5, 5.41) is 0. The molecule has 0 aliphatic heterocycles. The molecule has 0 aromatic heterocycles. The molecule has 2 radical (unpaired) electrons. The largest absolute Gasteiger partial charge is 0.412 e. The van der Waals surface area contributed by atoms with Crippen molar-refractivity contribution in [2.75, 3.05) is 0 Å². The quantitative estimate of drug-likeness (QED) is 0.454. The fourth-order valence-corrected chi connectivity index (χ4v) is 0. The van der Waals surface area contributed by atoms with Crippen LogP contribution in [-0.2, 0) is 55.7 Å². The molecule has 0 rings (SSSR count). The van der Waals surface area contributed by atoms with E-state index in [0.717, 1.165) is 0 Å². The van der Waals surface area contributed by atoms with E-state index in [0.29, 0.717) is 0 Å². The van der Waals surface area contributed by atoms with E-state index in [9.17, 15) is 0 Å². The molecule has 0 heterocycles. The molecule has 5 heteroatoms. The van der Waals surface area contributed by atoms with E-state index in [4.69, 9.17) is 0 Å². The van der Waals surface area contributed by atoms with Crippen molar-refractivity contribution in [3.63, 3.8) is 0 Å². The van der Waals surface area contributed by atoms with E-state index in [2.05, 4.69) is 0 Å². The van der Waals surface area contributed by atoms with Crippen LogP contribution in [0.25, 0.3) is 0 Å². The second-order valence-electron chi connectivity index (χ2n) is 0. The molecule has 0 fully saturated rings. The van der Waals surface area contributed by atoms with Crippen LogP contribution in [0, 0.1) is 0 Å². The van der Waals surface area contributed by atoms with Crippen LogP contribution < -0.4 is 0 Å². The molecular formula is H5AlCoNiOTa. The van der Waals surface area contributed by atoms with Crippen LogP contribution >= 0.6 is 0 Å². The predicted molar refractivity (Wildman–Crippen MR) is 13.6 cm³/mol. The molecule has 0 aromatic carbocycles. The summed E-state index contributed by atoms with van der Waals surface area (Å²) in [6.45, 7) is 0. The van der Waals surface area contributed by atoms with Gasteiger partial charge in [-0.2, -0.15) is 0 Å². The Morgan fingerprint density at radius 3 is 1.00 bits per heavy atom. The van der Waals surface area contributed by atoms with E-state index in [1.165, 1.54) is 0 Å². The van der Waals surface area contributed by atoms with Crippen LogP contribution in [0.15, 0.2) is 0 Å². The van der Waals surface area contributed by atoms with Gasteiger partial charge in [0.05, 0.1) is 0 Å². The van der Waals surface area contributed by atoms with Gasteiger partial charge in [-0.3, -0.25) is 0 Å². The Morgan fingerprint density at radius 2 is 1.00 bits per heavy atom. The van der Waals surface area contributed by atoms with Gasteiger partial charge in [-0.05, 0) is 0 Å². The first-order valence-corrected chi connectivity index (χ1v) is 0. The number of rotatable bonds is 0. The van der Waals surface area contributed by atoms with E-state index in [-0.39, 0.29) is 78.5 Å². The van der Waals surface area contributed by atoms with Gasteiger partial charge in [-0.25, -0.2) is 0 Å². The first-order chi connectivity index (χ1) is 0. The Labute approximate surface area is 77.7 Å². The van der Waals surface area contributed by atoms with Gasteiger partial charge >= 0.3 is 0 Å². The van der Waals surface area contributed by atoms with Crippen molar-refractivity contribution in [2.24, 2.45) is 0 Å². The van der Waals surface area contributed by atoms with Crippen LogP contribution in [0.1, 0.15) is 0 Å². The van der Waals surface area contributed by atoms with Gasteiger partial charge in [-0.15, -0.1) is 0 Å². The molecular weight excluding hydrogens is 342 g/mol. The third-order valence-corrected chi connectivity index (χ3v) is 0. The molecule has 0 atom stereocenters.